The van der Waals surface area contributed by atoms with Gasteiger partial charge in [-0.1, -0.05) is 18.2 Å². The maximum Gasteiger partial charge on any atom is 0.238 e. The summed E-state index contributed by atoms with van der Waals surface area (Å²) in [7, 11) is -2.33. The smallest absolute Gasteiger partial charge is 0.238 e. The van der Waals surface area contributed by atoms with Gasteiger partial charge < -0.3 is 19.5 Å². The summed E-state index contributed by atoms with van der Waals surface area (Å²) in [5, 5.41) is 8.29. The van der Waals surface area contributed by atoms with Crippen LogP contribution in [0.25, 0.3) is 11.1 Å². The highest BCUT2D eigenvalue weighted by atomic mass is 32.2. The van der Waals surface area contributed by atoms with Crippen molar-refractivity contribution in [3.63, 3.8) is 0 Å². The molecule has 0 bridgehead atoms. The summed E-state index contributed by atoms with van der Waals surface area (Å²) in [6, 6.07) is 17.1. The van der Waals surface area contributed by atoms with Gasteiger partial charge in [-0.15, -0.1) is 0 Å². The number of carbonyl (C=O) groups is 1. The fourth-order valence-corrected chi connectivity index (χ4v) is 4.63. The van der Waals surface area contributed by atoms with Crippen LogP contribution in [0.2, 0.25) is 0 Å². The van der Waals surface area contributed by atoms with Crippen molar-refractivity contribution in [3.8, 4) is 28.4 Å². The van der Waals surface area contributed by atoms with Crippen LogP contribution in [0.5, 0.6) is 17.2 Å². The first-order chi connectivity index (χ1) is 15.8. The molecule has 3 aromatic carbocycles. The molecule has 8 nitrogen and oxygen atoms in total. The normalized spacial score (nSPS) is 15.7. The Balaban J connectivity index is 0.00000274. The molecule has 0 aromatic heterocycles. The first-order valence-electron chi connectivity index (χ1n) is 10.3. The van der Waals surface area contributed by atoms with Crippen LogP contribution in [0, 0.1) is 0 Å². The standard InChI is InChI=1S/C24H22N2O6S.H2/c1-30-20-8-6-17(13-19(20)15-3-2-4-18(11-15)33(25,28)29)26-23(27)24(9-10-24)16-5-7-21-22(12-16)32-14-31-21;/h2-8,11-13H,9-10,14H2,1H3,(H,26,27)(H2,25,28,29);1H. The van der Waals surface area contributed by atoms with Gasteiger partial charge in [0.1, 0.15) is 5.75 Å². The Bertz CT molecular complexity index is 1370. The Morgan fingerprint density at radius 1 is 1.06 bits per heavy atom. The third-order valence-corrected chi connectivity index (χ3v) is 6.95. The number of anilines is 1. The third kappa shape index (κ3) is 3.90. The number of ether oxygens (including phenoxy) is 3. The number of methoxy groups -OCH3 is 1. The van der Waals surface area contributed by atoms with E-state index in [-0.39, 0.29) is 19.0 Å². The number of rotatable bonds is 6. The largest absolute Gasteiger partial charge is 0.496 e. The molecule has 1 aliphatic heterocycles. The maximum atomic E-state index is 13.3. The summed E-state index contributed by atoms with van der Waals surface area (Å²) >= 11 is 0. The van der Waals surface area contributed by atoms with Gasteiger partial charge in [0.25, 0.3) is 0 Å². The van der Waals surface area contributed by atoms with Crippen LogP contribution < -0.4 is 24.7 Å². The first-order valence-corrected chi connectivity index (χ1v) is 11.9. The molecule has 1 aliphatic carbocycles. The lowest BCUT2D eigenvalue weighted by molar-refractivity contribution is -0.118. The second-order valence-corrected chi connectivity index (χ2v) is 9.65. The molecule has 5 rings (SSSR count). The van der Waals surface area contributed by atoms with Gasteiger partial charge in [0.2, 0.25) is 22.7 Å². The SMILES string of the molecule is COc1ccc(NC(=O)C2(c3ccc4c(c3)OCO4)CC2)cc1-c1cccc(S(N)(=O)=O)c1.[HH]. The Morgan fingerprint density at radius 3 is 2.58 bits per heavy atom. The van der Waals surface area contributed by atoms with Gasteiger partial charge in [-0.3, -0.25) is 4.79 Å². The van der Waals surface area contributed by atoms with Crippen molar-refractivity contribution in [2.75, 3.05) is 19.2 Å². The minimum atomic E-state index is -3.86. The van der Waals surface area contributed by atoms with Gasteiger partial charge in [-0.25, -0.2) is 13.6 Å². The molecule has 172 valence electrons. The van der Waals surface area contributed by atoms with E-state index in [4.69, 9.17) is 19.3 Å². The number of carbonyl (C=O) groups excluding carboxylic acids is 1. The summed E-state index contributed by atoms with van der Waals surface area (Å²) in [6.45, 7) is 0.180. The molecule has 1 amide bonds. The Labute approximate surface area is 192 Å². The molecule has 2 aliphatic rings. The predicted molar refractivity (Wildman–Crippen MR) is 124 cm³/mol. The van der Waals surface area contributed by atoms with Crippen LogP contribution in [0.4, 0.5) is 5.69 Å². The van der Waals surface area contributed by atoms with E-state index in [1.54, 1.807) is 30.3 Å². The number of hydrogen-bond donors (Lipinski definition) is 2. The van der Waals surface area contributed by atoms with E-state index in [2.05, 4.69) is 5.32 Å². The number of sulfonamides is 1. The molecular weight excluding hydrogens is 444 g/mol. The molecule has 1 saturated carbocycles. The van der Waals surface area contributed by atoms with Gasteiger partial charge in [-0.2, -0.15) is 0 Å². The van der Waals surface area contributed by atoms with Crippen molar-refractivity contribution in [1.29, 1.82) is 0 Å². The molecule has 3 aromatic rings. The number of fused-ring (bicyclic) bond motifs is 1. The number of amides is 1. The number of nitrogens with one attached hydrogen (secondary N) is 1. The quantitative estimate of drug-likeness (QED) is 0.570. The van der Waals surface area contributed by atoms with Crippen LogP contribution >= 0.6 is 0 Å². The number of hydrogen-bond acceptors (Lipinski definition) is 6. The molecule has 0 saturated heterocycles. The van der Waals surface area contributed by atoms with Gasteiger partial charge in [0, 0.05) is 12.7 Å². The topological polar surface area (TPSA) is 117 Å². The van der Waals surface area contributed by atoms with E-state index in [0.29, 0.717) is 34.1 Å². The fraction of sp³-hybridized carbons (Fsp3) is 0.208. The minimum absolute atomic E-state index is 0. The summed E-state index contributed by atoms with van der Waals surface area (Å²) in [4.78, 5) is 13.3. The van der Waals surface area contributed by atoms with Crippen molar-refractivity contribution in [3.05, 3.63) is 66.2 Å². The molecule has 33 heavy (non-hydrogen) atoms. The van der Waals surface area contributed by atoms with Crippen molar-refractivity contribution in [2.45, 2.75) is 23.2 Å². The van der Waals surface area contributed by atoms with Crippen LogP contribution in [0.15, 0.2) is 65.6 Å². The molecule has 1 fully saturated rings. The zero-order valence-electron chi connectivity index (χ0n) is 17.8. The molecule has 0 spiro atoms. The predicted octanol–water partition coefficient (Wildman–Crippen LogP) is 3.65. The van der Waals surface area contributed by atoms with Crippen LogP contribution in [-0.4, -0.2) is 28.2 Å². The zero-order valence-corrected chi connectivity index (χ0v) is 18.6. The third-order valence-electron chi connectivity index (χ3n) is 6.04. The lowest BCUT2D eigenvalue weighted by Crippen LogP contribution is -2.27. The molecule has 0 radical (unpaired) electrons. The fourth-order valence-electron chi connectivity index (χ4n) is 4.07. The molecular formula is C24H24N2O6S. The van der Waals surface area contributed by atoms with Gasteiger partial charge >= 0.3 is 0 Å². The van der Waals surface area contributed by atoms with Crippen molar-refractivity contribution in [2.24, 2.45) is 5.14 Å². The van der Waals surface area contributed by atoms with Crippen molar-refractivity contribution in [1.82, 2.24) is 0 Å². The monoisotopic (exact) mass is 468 g/mol. The Kier molecular flexibility index (Phi) is 5.02. The van der Waals surface area contributed by atoms with E-state index in [9.17, 15) is 13.2 Å². The highest BCUT2D eigenvalue weighted by Gasteiger charge is 2.51. The highest BCUT2D eigenvalue weighted by Crippen LogP contribution is 2.51. The van der Waals surface area contributed by atoms with Crippen LogP contribution in [-0.2, 0) is 20.2 Å². The molecule has 0 atom stereocenters. The number of nitrogens with two attached hydrogens (primary N) is 1. The summed E-state index contributed by atoms with van der Waals surface area (Å²) < 4.78 is 39.8. The zero-order chi connectivity index (χ0) is 23.2. The lowest BCUT2D eigenvalue weighted by Gasteiger charge is -2.18. The van der Waals surface area contributed by atoms with Crippen molar-refractivity contribution >= 4 is 21.6 Å². The van der Waals surface area contributed by atoms with Gasteiger partial charge in [0.05, 0.1) is 17.4 Å². The Morgan fingerprint density at radius 2 is 1.85 bits per heavy atom. The number of primary sulfonamides is 1. The molecule has 1 heterocycles. The summed E-state index contributed by atoms with van der Waals surface area (Å²) in [5.41, 5.74) is 2.08. The second kappa shape index (κ2) is 7.79. The highest BCUT2D eigenvalue weighted by molar-refractivity contribution is 7.89. The number of benzene rings is 3. The van der Waals surface area contributed by atoms with Gasteiger partial charge in [-0.05, 0) is 66.4 Å². The van der Waals surface area contributed by atoms with E-state index >= 15 is 0 Å². The maximum absolute atomic E-state index is 13.3. The van der Waals surface area contributed by atoms with E-state index in [0.717, 1.165) is 18.4 Å². The summed E-state index contributed by atoms with van der Waals surface area (Å²) in [6.07, 6.45) is 1.47. The minimum Gasteiger partial charge on any atom is -0.496 e. The van der Waals surface area contributed by atoms with Gasteiger partial charge in [0.15, 0.2) is 11.5 Å². The van der Waals surface area contributed by atoms with Crippen LogP contribution in [0.1, 0.15) is 19.8 Å². The molecule has 9 heteroatoms. The van der Waals surface area contributed by atoms with E-state index < -0.39 is 15.4 Å². The average Bonchev–Trinajstić information content (AvgIpc) is 3.49. The first kappa shape index (κ1) is 21.3. The van der Waals surface area contributed by atoms with E-state index in [1.807, 2.05) is 18.2 Å². The lowest BCUT2D eigenvalue weighted by atomic mass is 9.94. The van der Waals surface area contributed by atoms with E-state index in [1.165, 1.54) is 19.2 Å². The van der Waals surface area contributed by atoms with Crippen LogP contribution in [0.3, 0.4) is 0 Å². The Hall–Kier alpha value is -3.56. The second-order valence-electron chi connectivity index (χ2n) is 8.09. The average molecular weight is 469 g/mol. The van der Waals surface area contributed by atoms with Crippen molar-refractivity contribution < 1.29 is 28.8 Å². The molecule has 0 unspecified atom stereocenters. The molecule has 3 N–H and O–H groups in total. The summed E-state index contributed by atoms with van der Waals surface area (Å²) in [5.74, 6) is 1.75.